The summed E-state index contributed by atoms with van der Waals surface area (Å²) in [5.41, 5.74) is 3.30. The molecule has 1 heterocycles. The van der Waals surface area contributed by atoms with Crippen LogP contribution < -0.4 is 15.0 Å². The lowest BCUT2D eigenvalue weighted by molar-refractivity contribution is -0.107. The lowest BCUT2D eigenvalue weighted by Crippen LogP contribution is -2.24. The quantitative estimate of drug-likeness (QED) is 0.596. The van der Waals surface area contributed by atoms with Crippen LogP contribution in [0, 0.1) is 0 Å². The predicted octanol–water partition coefficient (Wildman–Crippen LogP) is 1.30. The van der Waals surface area contributed by atoms with Gasteiger partial charge in [0, 0.05) is 33.4 Å². The van der Waals surface area contributed by atoms with Crippen molar-refractivity contribution in [3.63, 3.8) is 0 Å². The van der Waals surface area contributed by atoms with Crippen LogP contribution in [0.1, 0.15) is 17.5 Å². The number of hydrogen-bond acceptors (Lipinski definition) is 4. The van der Waals surface area contributed by atoms with Crippen LogP contribution in [0.3, 0.4) is 0 Å². The Morgan fingerprint density at radius 2 is 2.05 bits per heavy atom. The number of ether oxygens (including phenoxy) is 2. The first-order valence-electron chi connectivity index (χ1n) is 6.41. The van der Waals surface area contributed by atoms with Crippen molar-refractivity contribution in [3.8, 4) is 5.75 Å². The van der Waals surface area contributed by atoms with Gasteiger partial charge in [-0.05, 0) is 29.7 Å². The van der Waals surface area contributed by atoms with Crippen molar-refractivity contribution in [1.29, 1.82) is 0 Å². The van der Waals surface area contributed by atoms with Gasteiger partial charge in [-0.3, -0.25) is 4.79 Å². The molecule has 1 aliphatic rings. The number of nitrogens with zero attached hydrogens (tertiary/aromatic N) is 1. The second-order valence-electron chi connectivity index (χ2n) is 4.54. The number of methoxy groups -OCH3 is 2. The van der Waals surface area contributed by atoms with Crippen molar-refractivity contribution >= 4 is 12.1 Å². The maximum Gasteiger partial charge on any atom is 0.214 e. The summed E-state index contributed by atoms with van der Waals surface area (Å²) >= 11 is 0. The molecule has 0 fully saturated rings. The molecule has 1 aromatic rings. The van der Waals surface area contributed by atoms with Crippen molar-refractivity contribution in [1.82, 2.24) is 5.32 Å². The van der Waals surface area contributed by atoms with Crippen LogP contribution in [0.5, 0.6) is 5.75 Å². The van der Waals surface area contributed by atoms with Crippen LogP contribution in [0.15, 0.2) is 12.1 Å². The van der Waals surface area contributed by atoms with Crippen LogP contribution in [0.4, 0.5) is 5.69 Å². The highest BCUT2D eigenvalue weighted by atomic mass is 16.5. The molecule has 5 heteroatoms. The van der Waals surface area contributed by atoms with Gasteiger partial charge in [0.05, 0.1) is 12.8 Å². The molecule has 5 nitrogen and oxygen atoms in total. The molecule has 0 aliphatic carbocycles. The van der Waals surface area contributed by atoms with Crippen LogP contribution >= 0.6 is 0 Å². The third-order valence-corrected chi connectivity index (χ3v) is 3.32. The Hall–Kier alpha value is -1.59. The molecule has 0 aromatic heterocycles. The topological polar surface area (TPSA) is 50.8 Å². The lowest BCUT2D eigenvalue weighted by Gasteiger charge is -2.21. The first kappa shape index (κ1) is 13.8. The monoisotopic (exact) mass is 264 g/mol. The third-order valence-electron chi connectivity index (χ3n) is 3.32. The number of carbonyl (C=O) groups is 1. The van der Waals surface area contributed by atoms with Gasteiger partial charge in [0.2, 0.25) is 6.41 Å². The zero-order valence-corrected chi connectivity index (χ0v) is 11.4. The summed E-state index contributed by atoms with van der Waals surface area (Å²) in [6.07, 6.45) is 1.65. The highest BCUT2D eigenvalue weighted by Gasteiger charge is 2.18. The second-order valence-corrected chi connectivity index (χ2v) is 4.54. The minimum Gasteiger partial charge on any atom is -0.495 e. The smallest absolute Gasteiger partial charge is 0.214 e. The van der Waals surface area contributed by atoms with Crippen molar-refractivity contribution in [3.05, 3.63) is 23.3 Å². The van der Waals surface area contributed by atoms with E-state index in [0.717, 1.165) is 37.4 Å². The van der Waals surface area contributed by atoms with Gasteiger partial charge >= 0.3 is 0 Å². The van der Waals surface area contributed by atoms with Gasteiger partial charge in [0.1, 0.15) is 5.75 Å². The molecule has 1 aromatic carbocycles. The van der Waals surface area contributed by atoms with Gasteiger partial charge in [0.25, 0.3) is 0 Å². The minimum absolute atomic E-state index is 0.625. The van der Waals surface area contributed by atoms with Crippen molar-refractivity contribution in [2.45, 2.75) is 19.5 Å². The Morgan fingerprint density at radius 1 is 1.32 bits per heavy atom. The normalized spacial score (nSPS) is 13.2. The second kappa shape index (κ2) is 6.54. The number of anilines is 1. The van der Waals surface area contributed by atoms with Crippen LogP contribution in [-0.4, -0.2) is 33.8 Å². The van der Waals surface area contributed by atoms with E-state index in [2.05, 4.69) is 5.32 Å². The van der Waals surface area contributed by atoms with Gasteiger partial charge in [-0.15, -0.1) is 0 Å². The molecule has 0 spiro atoms. The van der Waals surface area contributed by atoms with E-state index in [1.165, 1.54) is 11.1 Å². The molecule has 1 amide bonds. The molecular weight excluding hydrogens is 244 g/mol. The number of nitrogens with one attached hydrogen (secondary N) is 1. The number of benzene rings is 1. The highest BCUT2D eigenvalue weighted by molar-refractivity contribution is 5.79. The molecule has 0 unspecified atom stereocenters. The number of carbonyl (C=O) groups excluding carboxylic acids is 1. The van der Waals surface area contributed by atoms with E-state index in [1.807, 2.05) is 12.1 Å². The van der Waals surface area contributed by atoms with E-state index < -0.39 is 0 Å². The van der Waals surface area contributed by atoms with Crippen LogP contribution in [0.25, 0.3) is 0 Å². The van der Waals surface area contributed by atoms with Gasteiger partial charge in [0.15, 0.2) is 0 Å². The summed E-state index contributed by atoms with van der Waals surface area (Å²) in [6, 6.07) is 4.05. The van der Waals surface area contributed by atoms with Crippen molar-refractivity contribution in [2.75, 3.05) is 32.3 Å². The van der Waals surface area contributed by atoms with E-state index in [9.17, 15) is 4.79 Å². The zero-order valence-electron chi connectivity index (χ0n) is 11.4. The number of fused-ring (bicyclic) bond motifs is 1. The molecule has 19 heavy (non-hydrogen) atoms. The molecule has 0 atom stereocenters. The van der Waals surface area contributed by atoms with Crippen molar-refractivity contribution in [2.24, 2.45) is 0 Å². The summed E-state index contributed by atoms with van der Waals surface area (Å²) in [7, 11) is 3.29. The van der Waals surface area contributed by atoms with Gasteiger partial charge in [-0.25, -0.2) is 0 Å². The fourth-order valence-corrected chi connectivity index (χ4v) is 2.31. The average molecular weight is 264 g/mol. The Balaban J connectivity index is 2.23. The largest absolute Gasteiger partial charge is 0.495 e. The standard InChI is InChI=1S/C14H20N2O3/c1-18-5-3-4-16(10-17)13-6-11-8-15-9-12(11)7-14(13)19-2/h6-7,10,15H,3-5,8-9H2,1-2H3. The number of hydrogen-bond donors (Lipinski definition) is 1. The van der Waals surface area contributed by atoms with Crippen LogP contribution in [-0.2, 0) is 22.6 Å². The van der Waals surface area contributed by atoms with E-state index in [4.69, 9.17) is 9.47 Å². The highest BCUT2D eigenvalue weighted by Crippen LogP contribution is 2.33. The number of amides is 1. The van der Waals surface area contributed by atoms with Crippen molar-refractivity contribution < 1.29 is 14.3 Å². The Kier molecular flexibility index (Phi) is 4.76. The predicted molar refractivity (Wildman–Crippen MR) is 73.4 cm³/mol. The Bertz CT molecular complexity index is 449. The summed E-state index contributed by atoms with van der Waals surface area (Å²) in [5.74, 6) is 0.743. The van der Waals surface area contributed by atoms with E-state index in [-0.39, 0.29) is 0 Å². The van der Waals surface area contributed by atoms with E-state index >= 15 is 0 Å². The SMILES string of the molecule is COCCCN(C=O)c1cc2c(cc1OC)CNC2. The van der Waals surface area contributed by atoms with Gasteiger partial charge < -0.3 is 19.7 Å². The van der Waals surface area contributed by atoms with E-state index in [1.54, 1.807) is 19.1 Å². The molecule has 1 N–H and O–H groups in total. The fraction of sp³-hybridized carbons (Fsp3) is 0.500. The lowest BCUT2D eigenvalue weighted by atomic mass is 10.1. The van der Waals surface area contributed by atoms with Gasteiger partial charge in [-0.1, -0.05) is 0 Å². The average Bonchev–Trinajstić information content (AvgIpc) is 2.89. The molecule has 2 rings (SSSR count). The molecule has 104 valence electrons. The summed E-state index contributed by atoms with van der Waals surface area (Å²) < 4.78 is 10.4. The fourth-order valence-electron chi connectivity index (χ4n) is 2.31. The third kappa shape index (κ3) is 3.05. The molecule has 1 aliphatic heterocycles. The summed E-state index contributed by atoms with van der Waals surface area (Å²) in [5, 5.41) is 3.29. The summed E-state index contributed by atoms with van der Waals surface area (Å²) in [4.78, 5) is 13.0. The first-order valence-corrected chi connectivity index (χ1v) is 6.41. The zero-order chi connectivity index (χ0) is 13.7. The molecule has 0 saturated heterocycles. The molecule has 0 radical (unpaired) electrons. The van der Waals surface area contributed by atoms with Gasteiger partial charge in [-0.2, -0.15) is 0 Å². The first-order chi connectivity index (χ1) is 9.30. The molecule has 0 saturated carbocycles. The maximum atomic E-state index is 11.3. The molecular formula is C14H20N2O3. The summed E-state index contributed by atoms with van der Waals surface area (Å²) in [6.45, 7) is 2.97. The Morgan fingerprint density at radius 3 is 2.68 bits per heavy atom. The maximum absolute atomic E-state index is 11.3. The molecule has 0 bridgehead atoms. The minimum atomic E-state index is 0.625. The number of rotatable bonds is 7. The Labute approximate surface area is 113 Å². The van der Waals surface area contributed by atoms with E-state index in [0.29, 0.717) is 13.2 Å². The van der Waals surface area contributed by atoms with Crippen LogP contribution in [0.2, 0.25) is 0 Å².